The third-order valence-electron chi connectivity index (χ3n) is 5.71. The van der Waals surface area contributed by atoms with E-state index in [0.29, 0.717) is 45.2 Å². The van der Waals surface area contributed by atoms with Crippen LogP contribution in [0.3, 0.4) is 0 Å². The quantitative estimate of drug-likeness (QED) is 0.651. The maximum absolute atomic E-state index is 13.9. The predicted octanol–water partition coefficient (Wildman–Crippen LogP) is 0.874. The van der Waals surface area contributed by atoms with E-state index in [1.807, 2.05) is 0 Å². The number of carbonyl (C=O) groups is 1. The molecule has 11 heteroatoms. The summed E-state index contributed by atoms with van der Waals surface area (Å²) in [5.41, 5.74) is 6.17. The molecule has 0 saturated carbocycles. The van der Waals surface area contributed by atoms with Crippen molar-refractivity contribution in [3.63, 3.8) is 0 Å². The van der Waals surface area contributed by atoms with E-state index in [-0.39, 0.29) is 31.0 Å². The molecule has 0 aliphatic carbocycles. The number of hydrogen-bond acceptors (Lipinski definition) is 5. The number of likely N-dealkylation sites (tertiary alicyclic amines) is 1. The molecule has 1 unspecified atom stereocenters. The molecule has 1 atom stereocenters. The molecule has 1 aromatic carbocycles. The van der Waals surface area contributed by atoms with Crippen LogP contribution in [0.1, 0.15) is 18.4 Å². The summed E-state index contributed by atoms with van der Waals surface area (Å²) in [5.74, 6) is -4.30. The number of morpholine rings is 1. The van der Waals surface area contributed by atoms with Gasteiger partial charge in [0.1, 0.15) is 11.6 Å². The second-order valence-electron chi connectivity index (χ2n) is 7.71. The first-order valence-electron chi connectivity index (χ1n) is 9.89. The molecular weight excluding hydrogens is 423 g/mol. The second-order valence-corrected chi connectivity index (χ2v) is 9.68. The molecule has 1 amide bonds. The Morgan fingerprint density at radius 1 is 1.07 bits per heavy atom. The molecule has 0 radical (unpaired) electrons. The fraction of sp³-hybridized carbons (Fsp3) is 0.632. The largest absolute Gasteiger partial charge is 0.379 e. The number of sulfonamides is 1. The number of ether oxygens (including phenoxy) is 1. The SMILES string of the molecule is NC(Cc1cc(F)c(F)cc1F)C1CCN(C(=O)CS(=O)(=O)N2CCOCC2)CC1. The van der Waals surface area contributed by atoms with Crippen LogP contribution in [0.15, 0.2) is 12.1 Å². The summed E-state index contributed by atoms with van der Waals surface area (Å²) in [6.07, 6.45) is 1.10. The molecule has 2 fully saturated rings. The van der Waals surface area contributed by atoms with E-state index in [1.54, 1.807) is 0 Å². The van der Waals surface area contributed by atoms with Crippen molar-refractivity contribution in [3.8, 4) is 0 Å². The molecular formula is C19H26F3N3O4S. The van der Waals surface area contributed by atoms with E-state index in [1.165, 1.54) is 9.21 Å². The van der Waals surface area contributed by atoms with Gasteiger partial charge in [-0.1, -0.05) is 0 Å². The van der Waals surface area contributed by atoms with Crippen molar-refractivity contribution < 1.29 is 31.1 Å². The van der Waals surface area contributed by atoms with Crippen LogP contribution in [0, 0.1) is 23.4 Å². The molecule has 2 saturated heterocycles. The van der Waals surface area contributed by atoms with Gasteiger partial charge in [0.15, 0.2) is 11.6 Å². The Morgan fingerprint density at radius 3 is 2.30 bits per heavy atom. The number of rotatable bonds is 6. The van der Waals surface area contributed by atoms with Crippen LogP contribution in [-0.2, 0) is 26.0 Å². The van der Waals surface area contributed by atoms with Crippen molar-refractivity contribution in [1.82, 2.24) is 9.21 Å². The van der Waals surface area contributed by atoms with E-state index in [0.717, 1.165) is 6.07 Å². The van der Waals surface area contributed by atoms with Crippen LogP contribution in [0.5, 0.6) is 0 Å². The lowest BCUT2D eigenvalue weighted by Crippen LogP contribution is -2.48. The number of nitrogens with two attached hydrogens (primary N) is 1. The number of carbonyl (C=O) groups excluding carboxylic acids is 1. The third-order valence-corrected chi connectivity index (χ3v) is 7.48. The van der Waals surface area contributed by atoms with Crippen LogP contribution < -0.4 is 5.73 Å². The molecule has 3 rings (SSSR count). The zero-order valence-electron chi connectivity index (χ0n) is 16.5. The van der Waals surface area contributed by atoms with Crippen LogP contribution in [0.25, 0.3) is 0 Å². The molecule has 30 heavy (non-hydrogen) atoms. The van der Waals surface area contributed by atoms with Crippen LogP contribution in [0.4, 0.5) is 13.2 Å². The average molecular weight is 449 g/mol. The molecule has 2 heterocycles. The summed E-state index contributed by atoms with van der Waals surface area (Å²) in [4.78, 5) is 14.0. The fourth-order valence-corrected chi connectivity index (χ4v) is 5.26. The van der Waals surface area contributed by atoms with Gasteiger partial charge in [-0.15, -0.1) is 0 Å². The van der Waals surface area contributed by atoms with Crippen molar-refractivity contribution in [1.29, 1.82) is 0 Å². The summed E-state index contributed by atoms with van der Waals surface area (Å²) in [6.45, 7) is 1.80. The van der Waals surface area contributed by atoms with Crippen molar-refractivity contribution in [2.24, 2.45) is 11.7 Å². The third kappa shape index (κ3) is 5.51. The highest BCUT2D eigenvalue weighted by molar-refractivity contribution is 7.89. The molecule has 1 aromatic rings. The molecule has 2 N–H and O–H groups in total. The average Bonchev–Trinajstić information content (AvgIpc) is 2.72. The van der Waals surface area contributed by atoms with E-state index >= 15 is 0 Å². The molecule has 7 nitrogen and oxygen atoms in total. The Kier molecular flexibility index (Phi) is 7.38. The fourth-order valence-electron chi connectivity index (χ4n) is 3.88. The van der Waals surface area contributed by atoms with Gasteiger partial charge in [-0.25, -0.2) is 21.6 Å². The lowest BCUT2D eigenvalue weighted by Gasteiger charge is -2.35. The molecule has 0 spiro atoms. The summed E-state index contributed by atoms with van der Waals surface area (Å²) in [6, 6.07) is 0.839. The molecule has 2 aliphatic rings. The van der Waals surface area contributed by atoms with Gasteiger partial charge in [0.25, 0.3) is 0 Å². The summed E-state index contributed by atoms with van der Waals surface area (Å²) in [5, 5.41) is 0. The zero-order valence-corrected chi connectivity index (χ0v) is 17.3. The van der Waals surface area contributed by atoms with Crippen LogP contribution in [0.2, 0.25) is 0 Å². The Balaban J connectivity index is 1.51. The van der Waals surface area contributed by atoms with Crippen LogP contribution >= 0.6 is 0 Å². The Hall–Kier alpha value is -1.69. The van der Waals surface area contributed by atoms with Gasteiger partial charge in [-0.05, 0) is 36.8 Å². The predicted molar refractivity (Wildman–Crippen MR) is 103 cm³/mol. The molecule has 168 valence electrons. The highest BCUT2D eigenvalue weighted by Gasteiger charge is 2.32. The first-order valence-corrected chi connectivity index (χ1v) is 11.5. The lowest BCUT2D eigenvalue weighted by molar-refractivity contribution is -0.130. The van der Waals surface area contributed by atoms with E-state index in [2.05, 4.69) is 0 Å². The summed E-state index contributed by atoms with van der Waals surface area (Å²) < 4.78 is 71.5. The monoisotopic (exact) mass is 449 g/mol. The minimum Gasteiger partial charge on any atom is -0.379 e. The van der Waals surface area contributed by atoms with E-state index in [9.17, 15) is 26.4 Å². The number of halogens is 3. The second kappa shape index (κ2) is 9.63. The van der Waals surface area contributed by atoms with Gasteiger partial charge in [0.05, 0.1) is 13.2 Å². The zero-order chi connectivity index (χ0) is 21.9. The molecule has 0 bridgehead atoms. The standard InChI is InChI=1S/C19H26F3N3O4S/c20-15-11-17(22)16(21)9-14(15)10-18(23)13-1-3-24(4-2-13)19(26)12-30(27,28)25-5-7-29-8-6-25/h9,11,13,18H,1-8,10,12,23H2. The lowest BCUT2D eigenvalue weighted by atomic mass is 9.86. The van der Waals surface area contributed by atoms with Gasteiger partial charge in [0.2, 0.25) is 15.9 Å². The highest BCUT2D eigenvalue weighted by atomic mass is 32.2. The van der Waals surface area contributed by atoms with Gasteiger partial charge in [-0.2, -0.15) is 4.31 Å². The number of amides is 1. The minimum atomic E-state index is -3.69. The van der Waals surface area contributed by atoms with E-state index < -0.39 is 45.2 Å². The number of benzene rings is 1. The smallest absolute Gasteiger partial charge is 0.239 e. The van der Waals surface area contributed by atoms with Crippen molar-refractivity contribution in [2.75, 3.05) is 45.1 Å². The maximum atomic E-state index is 13.9. The van der Waals surface area contributed by atoms with Gasteiger partial charge in [-0.3, -0.25) is 4.79 Å². The minimum absolute atomic E-state index is 0.0107. The van der Waals surface area contributed by atoms with Crippen molar-refractivity contribution in [3.05, 3.63) is 35.1 Å². The summed E-state index contributed by atoms with van der Waals surface area (Å²) in [7, 11) is -3.69. The highest BCUT2D eigenvalue weighted by Crippen LogP contribution is 2.24. The van der Waals surface area contributed by atoms with E-state index in [4.69, 9.17) is 10.5 Å². The maximum Gasteiger partial charge on any atom is 0.239 e. The van der Waals surface area contributed by atoms with Crippen molar-refractivity contribution in [2.45, 2.75) is 25.3 Å². The molecule has 0 aromatic heterocycles. The summed E-state index contributed by atoms with van der Waals surface area (Å²) >= 11 is 0. The van der Waals surface area contributed by atoms with Gasteiger partial charge >= 0.3 is 0 Å². The van der Waals surface area contributed by atoms with Gasteiger partial charge in [0, 0.05) is 38.3 Å². The number of hydrogen-bond donors (Lipinski definition) is 1. The Morgan fingerprint density at radius 2 is 1.67 bits per heavy atom. The van der Waals surface area contributed by atoms with Crippen molar-refractivity contribution >= 4 is 15.9 Å². The Labute approximate surface area is 174 Å². The normalized spacial score (nSPS) is 20.3. The van der Waals surface area contributed by atoms with Crippen LogP contribution in [-0.4, -0.2) is 74.7 Å². The van der Waals surface area contributed by atoms with Gasteiger partial charge < -0.3 is 15.4 Å². The first-order chi connectivity index (χ1) is 14.2. The number of nitrogens with zero attached hydrogens (tertiary/aromatic N) is 2. The number of piperidine rings is 1. The molecule has 2 aliphatic heterocycles. The topological polar surface area (TPSA) is 92.9 Å². The Bertz CT molecular complexity index is 870. The first kappa shape index (κ1) is 23.0.